The molecule has 1 N–H and O–H groups in total. The zero-order valence-corrected chi connectivity index (χ0v) is 20.1. The number of nitrogens with zero attached hydrogens (tertiary/aromatic N) is 2. The Morgan fingerprint density at radius 2 is 1.62 bits per heavy atom. The Morgan fingerprint density at radius 3 is 2.24 bits per heavy atom. The zero-order valence-electron chi connectivity index (χ0n) is 19.3. The Bertz CT molecular complexity index is 1290. The summed E-state index contributed by atoms with van der Waals surface area (Å²) in [6.07, 6.45) is 0.508. The quantitative estimate of drug-likeness (QED) is 0.387. The predicted molar refractivity (Wildman–Crippen MR) is 137 cm³/mol. The molecule has 0 unspecified atom stereocenters. The summed E-state index contributed by atoms with van der Waals surface area (Å²) in [5, 5.41) is 12.8. The summed E-state index contributed by atoms with van der Waals surface area (Å²) in [4.78, 5) is 28.3. The summed E-state index contributed by atoms with van der Waals surface area (Å²) in [6.45, 7) is 5.83. The van der Waals surface area contributed by atoms with Gasteiger partial charge in [0.15, 0.2) is 0 Å². The Kier molecular flexibility index (Phi) is 6.85. The van der Waals surface area contributed by atoms with Gasteiger partial charge in [0, 0.05) is 11.4 Å². The lowest BCUT2D eigenvalue weighted by Crippen LogP contribution is -2.31. The van der Waals surface area contributed by atoms with Crippen LogP contribution in [0.3, 0.4) is 0 Å². The van der Waals surface area contributed by atoms with Crippen LogP contribution >= 0.6 is 11.8 Å². The monoisotopic (exact) mass is 467 g/mol. The topological polar surface area (TPSA) is 73.2 Å². The van der Waals surface area contributed by atoms with Crippen LogP contribution in [0.25, 0.3) is 0 Å². The van der Waals surface area contributed by atoms with Gasteiger partial charge in [-0.05, 0) is 56.0 Å². The molecule has 3 aromatic carbocycles. The van der Waals surface area contributed by atoms with Gasteiger partial charge < -0.3 is 5.32 Å². The van der Waals surface area contributed by atoms with E-state index in [1.807, 2.05) is 93.6 Å². The second kappa shape index (κ2) is 9.98. The molecule has 0 aromatic heterocycles. The third-order valence-electron chi connectivity index (χ3n) is 5.78. The summed E-state index contributed by atoms with van der Waals surface area (Å²) in [6, 6.07) is 25.0. The van der Waals surface area contributed by atoms with Crippen LogP contribution in [0, 0.1) is 32.1 Å². The van der Waals surface area contributed by atoms with Crippen LogP contribution in [-0.4, -0.2) is 17.1 Å². The first-order valence-corrected chi connectivity index (χ1v) is 11.9. The fourth-order valence-electron chi connectivity index (χ4n) is 3.92. The molecule has 2 amide bonds. The number of carbonyl (C=O) groups is 2. The van der Waals surface area contributed by atoms with Gasteiger partial charge in [0.05, 0.1) is 5.25 Å². The van der Waals surface area contributed by atoms with Crippen molar-refractivity contribution in [1.82, 2.24) is 0 Å². The number of hydrogen-bond donors (Lipinski definition) is 1. The second-order valence-corrected chi connectivity index (χ2v) is 9.51. The third-order valence-corrected chi connectivity index (χ3v) is 7.04. The molecule has 4 rings (SSSR count). The first kappa shape index (κ1) is 23.3. The van der Waals surface area contributed by atoms with Gasteiger partial charge in [0.25, 0.3) is 5.91 Å². The van der Waals surface area contributed by atoms with E-state index in [0.717, 1.165) is 22.3 Å². The van der Waals surface area contributed by atoms with Crippen molar-refractivity contribution in [1.29, 1.82) is 5.26 Å². The summed E-state index contributed by atoms with van der Waals surface area (Å²) < 4.78 is 0. The van der Waals surface area contributed by atoms with Crippen LogP contribution in [0.2, 0.25) is 0 Å². The van der Waals surface area contributed by atoms with Gasteiger partial charge in [-0.3, -0.25) is 14.5 Å². The fourth-order valence-corrected chi connectivity index (χ4v) is 5.23. The molecule has 170 valence electrons. The smallest absolute Gasteiger partial charge is 0.269 e. The van der Waals surface area contributed by atoms with E-state index >= 15 is 0 Å². The van der Waals surface area contributed by atoms with Crippen LogP contribution in [-0.2, 0) is 16.0 Å². The molecule has 1 fully saturated rings. The molecule has 3 aromatic rings. The van der Waals surface area contributed by atoms with E-state index in [0.29, 0.717) is 22.8 Å². The minimum Gasteiger partial charge on any atom is -0.321 e. The van der Waals surface area contributed by atoms with Gasteiger partial charge in [-0.15, -0.1) is 0 Å². The molecule has 34 heavy (non-hydrogen) atoms. The summed E-state index contributed by atoms with van der Waals surface area (Å²) in [5.74, 6) is -0.661. The van der Waals surface area contributed by atoms with Gasteiger partial charge in [-0.25, -0.2) is 0 Å². The number of benzene rings is 3. The number of para-hydroxylation sites is 2. The van der Waals surface area contributed by atoms with Crippen LogP contribution in [0.5, 0.6) is 0 Å². The molecule has 6 heteroatoms. The zero-order chi connectivity index (χ0) is 24.2. The van der Waals surface area contributed by atoms with Crippen molar-refractivity contribution in [3.63, 3.8) is 0 Å². The van der Waals surface area contributed by atoms with Crippen LogP contribution in [0.1, 0.15) is 22.3 Å². The standard InChI is InChI=1S/C28H25N3O2S/c1-18-12-14-21(15-13-18)16-24-27(33)31(22-10-5-4-6-11-22)28(34-24)23(17-29)26(32)30-25-19(2)8-7-9-20(25)3/h4-15,24H,16H2,1-3H3,(H,30,32)/b28-23+/t24-/m1/s1. The number of aryl methyl sites for hydroxylation is 3. The van der Waals surface area contributed by atoms with Gasteiger partial charge >= 0.3 is 0 Å². The molecule has 0 aliphatic carbocycles. The number of carbonyl (C=O) groups excluding carboxylic acids is 2. The maximum absolute atomic E-state index is 13.5. The number of thioether (sulfide) groups is 1. The van der Waals surface area contributed by atoms with Crippen molar-refractivity contribution in [2.45, 2.75) is 32.4 Å². The first-order valence-electron chi connectivity index (χ1n) is 11.0. The summed E-state index contributed by atoms with van der Waals surface area (Å²) >= 11 is 1.27. The largest absolute Gasteiger partial charge is 0.321 e. The Hall–Kier alpha value is -3.82. The van der Waals surface area contributed by atoms with E-state index in [-0.39, 0.29) is 11.5 Å². The third kappa shape index (κ3) is 4.75. The van der Waals surface area contributed by atoms with Crippen molar-refractivity contribution in [3.8, 4) is 6.07 Å². The minimum atomic E-state index is -0.521. The number of amides is 2. The Morgan fingerprint density at radius 1 is 0.971 bits per heavy atom. The average Bonchev–Trinajstić information content (AvgIpc) is 3.14. The molecule has 0 bridgehead atoms. The van der Waals surface area contributed by atoms with Gasteiger partial charge in [-0.1, -0.05) is 78.0 Å². The SMILES string of the molecule is Cc1ccc(C[C@H]2S/C(=C(\C#N)C(=O)Nc3c(C)cccc3C)N(c3ccccc3)C2=O)cc1. The molecule has 0 saturated carbocycles. The van der Waals surface area contributed by atoms with Crippen molar-refractivity contribution in [2.75, 3.05) is 10.2 Å². The number of nitriles is 1. The molecule has 0 radical (unpaired) electrons. The number of hydrogen-bond acceptors (Lipinski definition) is 4. The number of rotatable bonds is 5. The summed E-state index contributed by atoms with van der Waals surface area (Å²) in [7, 11) is 0. The van der Waals surface area contributed by atoms with Crippen LogP contribution < -0.4 is 10.2 Å². The van der Waals surface area contributed by atoms with E-state index in [1.165, 1.54) is 16.7 Å². The van der Waals surface area contributed by atoms with Crippen molar-refractivity contribution < 1.29 is 9.59 Å². The van der Waals surface area contributed by atoms with Gasteiger partial charge in [0.1, 0.15) is 16.7 Å². The molecule has 1 saturated heterocycles. The van der Waals surface area contributed by atoms with Crippen molar-refractivity contribution in [3.05, 3.63) is 106 Å². The average molecular weight is 468 g/mol. The molecule has 1 atom stereocenters. The number of nitrogens with one attached hydrogen (secondary N) is 1. The second-order valence-electron chi connectivity index (χ2n) is 8.32. The van der Waals surface area contributed by atoms with E-state index in [1.54, 1.807) is 0 Å². The predicted octanol–water partition coefficient (Wildman–Crippen LogP) is 5.68. The van der Waals surface area contributed by atoms with Crippen molar-refractivity contribution >= 4 is 35.0 Å². The molecular formula is C28H25N3O2S. The molecular weight excluding hydrogens is 442 g/mol. The Balaban J connectivity index is 1.73. The molecule has 1 heterocycles. The highest BCUT2D eigenvalue weighted by atomic mass is 32.2. The van der Waals surface area contributed by atoms with E-state index < -0.39 is 11.2 Å². The normalized spacial score (nSPS) is 16.8. The highest BCUT2D eigenvalue weighted by Gasteiger charge is 2.40. The van der Waals surface area contributed by atoms with Crippen molar-refractivity contribution in [2.24, 2.45) is 0 Å². The molecule has 0 spiro atoms. The molecule has 5 nitrogen and oxygen atoms in total. The highest BCUT2D eigenvalue weighted by Crippen LogP contribution is 2.42. The summed E-state index contributed by atoms with van der Waals surface area (Å²) in [5.41, 5.74) is 5.23. The molecule has 1 aliphatic heterocycles. The Labute approximate surface area is 204 Å². The fraction of sp³-hybridized carbons (Fsp3) is 0.179. The highest BCUT2D eigenvalue weighted by molar-refractivity contribution is 8.05. The van der Waals surface area contributed by atoms with E-state index in [2.05, 4.69) is 11.4 Å². The van der Waals surface area contributed by atoms with Crippen LogP contribution in [0.4, 0.5) is 11.4 Å². The lowest BCUT2D eigenvalue weighted by Gasteiger charge is -2.19. The maximum atomic E-state index is 13.5. The lowest BCUT2D eigenvalue weighted by atomic mass is 10.1. The van der Waals surface area contributed by atoms with Gasteiger partial charge in [0.2, 0.25) is 5.91 Å². The molecule has 1 aliphatic rings. The lowest BCUT2D eigenvalue weighted by molar-refractivity contribution is -0.117. The van der Waals surface area contributed by atoms with Crippen LogP contribution in [0.15, 0.2) is 83.4 Å². The number of anilines is 2. The van der Waals surface area contributed by atoms with Gasteiger partial charge in [-0.2, -0.15) is 5.26 Å². The maximum Gasteiger partial charge on any atom is 0.269 e. The van der Waals surface area contributed by atoms with E-state index in [9.17, 15) is 14.9 Å². The minimum absolute atomic E-state index is 0.0729. The van der Waals surface area contributed by atoms with E-state index in [4.69, 9.17) is 0 Å². The first-order chi connectivity index (χ1) is 16.4.